The SMILES string of the molecule is COc1ccc(OCC(=O)N2CCC(C(=O)N3CCCC3)CC2)cc1. The molecule has 2 fully saturated rings. The van der Waals surface area contributed by atoms with Crippen molar-refractivity contribution in [3.63, 3.8) is 0 Å². The Morgan fingerprint density at radius 3 is 2.16 bits per heavy atom. The Morgan fingerprint density at radius 1 is 0.960 bits per heavy atom. The molecule has 0 aliphatic carbocycles. The Labute approximate surface area is 148 Å². The van der Waals surface area contributed by atoms with E-state index in [-0.39, 0.29) is 24.3 Å². The number of rotatable bonds is 5. The van der Waals surface area contributed by atoms with Crippen LogP contribution in [0.2, 0.25) is 0 Å². The molecule has 0 bridgehead atoms. The molecule has 25 heavy (non-hydrogen) atoms. The summed E-state index contributed by atoms with van der Waals surface area (Å²) in [5.41, 5.74) is 0. The van der Waals surface area contributed by atoms with Crippen LogP contribution < -0.4 is 9.47 Å². The monoisotopic (exact) mass is 346 g/mol. The molecule has 3 rings (SSSR count). The molecule has 0 unspecified atom stereocenters. The van der Waals surface area contributed by atoms with E-state index in [1.54, 1.807) is 36.3 Å². The summed E-state index contributed by atoms with van der Waals surface area (Å²) in [6, 6.07) is 7.17. The van der Waals surface area contributed by atoms with Crippen molar-refractivity contribution in [2.75, 3.05) is 39.9 Å². The van der Waals surface area contributed by atoms with Gasteiger partial charge in [0.2, 0.25) is 5.91 Å². The van der Waals surface area contributed by atoms with Crippen molar-refractivity contribution in [2.45, 2.75) is 25.7 Å². The third-order valence-corrected chi connectivity index (χ3v) is 5.04. The van der Waals surface area contributed by atoms with E-state index in [9.17, 15) is 9.59 Å². The molecular weight excluding hydrogens is 320 g/mol. The fourth-order valence-electron chi connectivity index (χ4n) is 3.48. The average Bonchev–Trinajstić information content (AvgIpc) is 3.21. The zero-order chi connectivity index (χ0) is 17.6. The van der Waals surface area contributed by atoms with Gasteiger partial charge in [-0.15, -0.1) is 0 Å². The standard InChI is InChI=1S/C19H26N2O4/c1-24-16-4-6-17(7-5-16)25-14-18(22)20-12-8-15(9-13-20)19(23)21-10-2-3-11-21/h4-7,15H,2-3,8-14H2,1H3. The highest BCUT2D eigenvalue weighted by Crippen LogP contribution is 2.22. The zero-order valence-corrected chi connectivity index (χ0v) is 14.8. The lowest BCUT2D eigenvalue weighted by Gasteiger charge is -2.33. The molecule has 0 saturated carbocycles. The highest BCUT2D eigenvalue weighted by atomic mass is 16.5. The van der Waals surface area contributed by atoms with Crippen LogP contribution >= 0.6 is 0 Å². The fourth-order valence-corrected chi connectivity index (χ4v) is 3.48. The van der Waals surface area contributed by atoms with E-state index in [4.69, 9.17) is 9.47 Å². The molecule has 0 radical (unpaired) electrons. The minimum Gasteiger partial charge on any atom is -0.497 e. The van der Waals surface area contributed by atoms with Crippen molar-refractivity contribution in [3.8, 4) is 11.5 Å². The molecule has 1 aromatic carbocycles. The normalized spacial score (nSPS) is 18.3. The van der Waals surface area contributed by atoms with E-state index in [0.29, 0.717) is 18.8 Å². The van der Waals surface area contributed by atoms with Gasteiger partial charge in [0, 0.05) is 32.1 Å². The van der Waals surface area contributed by atoms with Crippen LogP contribution in [0.3, 0.4) is 0 Å². The maximum Gasteiger partial charge on any atom is 0.260 e. The van der Waals surface area contributed by atoms with Crippen molar-refractivity contribution in [3.05, 3.63) is 24.3 Å². The second kappa shape index (κ2) is 8.23. The van der Waals surface area contributed by atoms with Crippen LogP contribution in [0.15, 0.2) is 24.3 Å². The number of piperidine rings is 1. The van der Waals surface area contributed by atoms with Gasteiger partial charge in [-0.2, -0.15) is 0 Å². The van der Waals surface area contributed by atoms with E-state index in [1.807, 2.05) is 4.90 Å². The largest absolute Gasteiger partial charge is 0.497 e. The third-order valence-electron chi connectivity index (χ3n) is 5.04. The van der Waals surface area contributed by atoms with Crippen LogP contribution in [0.25, 0.3) is 0 Å². The van der Waals surface area contributed by atoms with Crippen molar-refractivity contribution in [2.24, 2.45) is 5.92 Å². The van der Waals surface area contributed by atoms with E-state index < -0.39 is 0 Å². The first kappa shape index (κ1) is 17.6. The molecule has 0 N–H and O–H groups in total. The number of hydrogen-bond acceptors (Lipinski definition) is 4. The van der Waals surface area contributed by atoms with Crippen LogP contribution in [-0.2, 0) is 9.59 Å². The van der Waals surface area contributed by atoms with Crippen LogP contribution in [0.4, 0.5) is 0 Å². The summed E-state index contributed by atoms with van der Waals surface area (Å²) < 4.78 is 10.6. The van der Waals surface area contributed by atoms with Gasteiger partial charge in [0.05, 0.1) is 7.11 Å². The van der Waals surface area contributed by atoms with Crippen LogP contribution in [0.1, 0.15) is 25.7 Å². The van der Waals surface area contributed by atoms with Gasteiger partial charge in [0.25, 0.3) is 5.91 Å². The molecule has 2 saturated heterocycles. The van der Waals surface area contributed by atoms with Gasteiger partial charge >= 0.3 is 0 Å². The second-order valence-electron chi connectivity index (χ2n) is 6.65. The number of methoxy groups -OCH3 is 1. The fraction of sp³-hybridized carbons (Fsp3) is 0.579. The molecule has 0 spiro atoms. The smallest absolute Gasteiger partial charge is 0.260 e. The lowest BCUT2D eigenvalue weighted by Crippen LogP contribution is -2.45. The summed E-state index contributed by atoms with van der Waals surface area (Å²) in [5.74, 6) is 1.73. The van der Waals surface area contributed by atoms with Gasteiger partial charge in [-0.05, 0) is 49.9 Å². The molecule has 136 valence electrons. The molecule has 2 aliphatic rings. The first-order valence-electron chi connectivity index (χ1n) is 9.01. The zero-order valence-electron chi connectivity index (χ0n) is 14.8. The van der Waals surface area contributed by atoms with Crippen molar-refractivity contribution >= 4 is 11.8 Å². The Kier molecular flexibility index (Phi) is 5.79. The van der Waals surface area contributed by atoms with Gasteiger partial charge in [0.15, 0.2) is 6.61 Å². The molecule has 0 aromatic heterocycles. The minimum atomic E-state index is -0.0251. The number of hydrogen-bond donors (Lipinski definition) is 0. The molecule has 0 atom stereocenters. The number of likely N-dealkylation sites (tertiary alicyclic amines) is 2. The van der Waals surface area contributed by atoms with Crippen molar-refractivity contribution in [1.29, 1.82) is 0 Å². The van der Waals surface area contributed by atoms with Crippen molar-refractivity contribution in [1.82, 2.24) is 9.80 Å². The Balaban J connectivity index is 1.42. The Morgan fingerprint density at radius 2 is 1.56 bits per heavy atom. The summed E-state index contributed by atoms with van der Waals surface area (Å²) in [6.45, 7) is 3.09. The first-order valence-corrected chi connectivity index (χ1v) is 9.01. The summed E-state index contributed by atoms with van der Waals surface area (Å²) in [7, 11) is 1.61. The highest BCUT2D eigenvalue weighted by Gasteiger charge is 2.31. The van der Waals surface area contributed by atoms with Crippen LogP contribution in [-0.4, -0.2) is 61.5 Å². The van der Waals surface area contributed by atoms with Gasteiger partial charge in [0.1, 0.15) is 11.5 Å². The Bertz CT molecular complexity index is 588. The lowest BCUT2D eigenvalue weighted by atomic mass is 9.95. The van der Waals surface area contributed by atoms with E-state index in [1.165, 1.54) is 0 Å². The number of carbonyl (C=O) groups is 2. The topological polar surface area (TPSA) is 59.1 Å². The van der Waals surface area contributed by atoms with Gasteiger partial charge in [-0.25, -0.2) is 0 Å². The number of carbonyl (C=O) groups excluding carboxylic acids is 2. The third kappa shape index (κ3) is 4.44. The predicted molar refractivity (Wildman–Crippen MR) is 93.6 cm³/mol. The quantitative estimate of drug-likeness (QED) is 0.817. The summed E-state index contributed by atoms with van der Waals surface area (Å²) in [6.07, 6.45) is 3.74. The average molecular weight is 346 g/mol. The highest BCUT2D eigenvalue weighted by molar-refractivity contribution is 5.81. The van der Waals surface area contributed by atoms with Crippen LogP contribution in [0.5, 0.6) is 11.5 Å². The van der Waals surface area contributed by atoms with E-state index >= 15 is 0 Å². The maximum atomic E-state index is 12.4. The van der Waals surface area contributed by atoms with Crippen molar-refractivity contribution < 1.29 is 19.1 Å². The molecule has 6 nitrogen and oxygen atoms in total. The molecule has 1 aromatic rings. The molecule has 2 aliphatic heterocycles. The summed E-state index contributed by atoms with van der Waals surface area (Å²) >= 11 is 0. The number of nitrogens with zero attached hydrogens (tertiary/aromatic N) is 2. The maximum absolute atomic E-state index is 12.4. The van der Waals surface area contributed by atoms with E-state index in [2.05, 4.69) is 0 Å². The van der Waals surface area contributed by atoms with Gasteiger partial charge < -0.3 is 19.3 Å². The minimum absolute atomic E-state index is 0.0249. The lowest BCUT2D eigenvalue weighted by molar-refractivity contribution is -0.140. The van der Waals surface area contributed by atoms with Gasteiger partial charge in [-0.1, -0.05) is 0 Å². The van der Waals surface area contributed by atoms with Crippen LogP contribution in [0, 0.1) is 5.92 Å². The number of amides is 2. The molecule has 2 heterocycles. The van der Waals surface area contributed by atoms with E-state index in [0.717, 1.165) is 44.5 Å². The number of ether oxygens (including phenoxy) is 2. The molecule has 6 heteroatoms. The summed E-state index contributed by atoms with van der Waals surface area (Å²) in [5, 5.41) is 0. The summed E-state index contributed by atoms with van der Waals surface area (Å²) in [4.78, 5) is 28.5. The predicted octanol–water partition coefficient (Wildman–Crippen LogP) is 1.93. The number of benzene rings is 1. The molecule has 2 amide bonds. The van der Waals surface area contributed by atoms with Gasteiger partial charge in [-0.3, -0.25) is 9.59 Å². The second-order valence-corrected chi connectivity index (χ2v) is 6.65. The Hall–Kier alpha value is -2.24. The molecular formula is C19H26N2O4. The first-order chi connectivity index (χ1) is 12.2.